The number of carbonyl (C=O) groups is 3. The average Bonchev–Trinajstić information content (AvgIpc) is 2.80. The zero-order valence-electron chi connectivity index (χ0n) is 18.8. The minimum absolute atomic E-state index is 0.122. The summed E-state index contributed by atoms with van der Waals surface area (Å²) in [6, 6.07) is 12.3. The fourth-order valence-corrected chi connectivity index (χ4v) is 5.55. The molecule has 0 saturated carbocycles. The summed E-state index contributed by atoms with van der Waals surface area (Å²) in [6.45, 7) is 6.19. The lowest BCUT2D eigenvalue weighted by Crippen LogP contribution is -2.81. The number of hydrogen-bond donors (Lipinski definition) is 1. The summed E-state index contributed by atoms with van der Waals surface area (Å²) in [4.78, 5) is 47.8. The molecule has 0 spiro atoms. The van der Waals surface area contributed by atoms with Gasteiger partial charge in [0.05, 0.1) is 4.92 Å². The fraction of sp³-hybridized carbons (Fsp3) is 0.261. The van der Waals surface area contributed by atoms with Crippen molar-refractivity contribution >= 4 is 44.5 Å². The number of likely N-dealkylation sites (tertiary alicyclic amines) is 1. The van der Waals surface area contributed by atoms with Crippen molar-refractivity contribution in [1.82, 2.24) is 10.2 Å². The van der Waals surface area contributed by atoms with Crippen LogP contribution >= 0.6 is 10.7 Å². The molecular weight excluding hydrogens is 498 g/mol. The van der Waals surface area contributed by atoms with Crippen molar-refractivity contribution in [1.29, 1.82) is 0 Å². The number of halogens is 1. The molecule has 1 N–H and O–H groups in total. The number of nitro benzene ring substituents is 1. The molecule has 1 aliphatic heterocycles. The van der Waals surface area contributed by atoms with Crippen LogP contribution in [0.15, 0.2) is 66.7 Å². The summed E-state index contributed by atoms with van der Waals surface area (Å²) in [5.74, 6) is -3.22. The van der Waals surface area contributed by atoms with Crippen LogP contribution in [0.3, 0.4) is 0 Å². The van der Waals surface area contributed by atoms with E-state index in [-0.39, 0.29) is 17.9 Å². The second kappa shape index (κ2) is 10.5. The van der Waals surface area contributed by atoms with Crippen LogP contribution in [0.5, 0.6) is 0 Å². The number of non-ortho nitro benzene ring substituents is 1. The first-order valence-corrected chi connectivity index (χ1v) is 12.3. The van der Waals surface area contributed by atoms with Gasteiger partial charge in [-0.15, -0.1) is 0 Å². The Kier molecular flexibility index (Phi) is 7.83. The van der Waals surface area contributed by atoms with Gasteiger partial charge in [0.25, 0.3) is 5.69 Å². The number of carbonyl (C=O) groups excluding carboxylic acids is 3. The zero-order valence-corrected chi connectivity index (χ0v) is 20.4. The van der Waals surface area contributed by atoms with Gasteiger partial charge in [0, 0.05) is 19.1 Å². The number of β-lactam (4-membered cyclic amide) rings is 1. The quantitative estimate of drug-likeness (QED) is 0.134. The number of rotatable bonds is 9. The Hall–Kier alpha value is -3.41. The summed E-state index contributed by atoms with van der Waals surface area (Å²) >= 11 is 0. The molecule has 1 fully saturated rings. The maximum atomic E-state index is 13.4. The van der Waals surface area contributed by atoms with Crippen LogP contribution in [-0.4, -0.2) is 43.2 Å². The van der Waals surface area contributed by atoms with Gasteiger partial charge in [-0.1, -0.05) is 36.9 Å². The summed E-state index contributed by atoms with van der Waals surface area (Å²) in [5.41, 5.74) is 0.991. The SMILES string of the molecule is C=C(C)C(C(=O)OCc1ccc([N+](=O)[O-])cc1)N1C(=O)C(c2ccccc2)C1(NC(C)=O)[S+]([O-])Cl. The molecule has 4 unspecified atom stereocenters. The number of amides is 2. The normalized spacial score (nSPS) is 20.9. The molecule has 0 aromatic heterocycles. The van der Waals surface area contributed by atoms with E-state index in [9.17, 15) is 29.1 Å². The van der Waals surface area contributed by atoms with Gasteiger partial charge in [-0.3, -0.25) is 29.9 Å². The fourth-order valence-electron chi connectivity index (χ4n) is 3.95. The van der Waals surface area contributed by atoms with E-state index in [0.29, 0.717) is 11.1 Å². The van der Waals surface area contributed by atoms with Crippen LogP contribution in [-0.2, 0) is 36.1 Å². The third kappa shape index (κ3) is 5.02. The monoisotopic (exact) mass is 519 g/mol. The third-order valence-electron chi connectivity index (χ3n) is 5.44. The van der Waals surface area contributed by atoms with Crippen molar-refractivity contribution in [2.75, 3.05) is 0 Å². The minimum Gasteiger partial charge on any atom is -0.596 e. The standard InChI is InChI=1S/C23H22ClN3O7S/c1-14(2)20(22(30)34-13-16-9-11-18(12-10-16)27(31)32)26-21(29)19(17-7-5-4-6-8-17)23(26,35(24)33)25-15(3)28/h4-12,19-20H,1,13H2,2-3H3,(H,25,28). The maximum Gasteiger partial charge on any atom is 0.333 e. The third-order valence-corrected chi connectivity index (χ3v) is 7.17. The highest BCUT2D eigenvalue weighted by Crippen LogP contribution is 2.50. The van der Waals surface area contributed by atoms with Gasteiger partial charge in [-0.05, 0) is 35.8 Å². The predicted octanol–water partition coefficient (Wildman–Crippen LogP) is 2.90. The van der Waals surface area contributed by atoms with Crippen LogP contribution in [0, 0.1) is 10.1 Å². The summed E-state index contributed by atoms with van der Waals surface area (Å²) < 4.78 is 18.2. The predicted molar refractivity (Wildman–Crippen MR) is 128 cm³/mol. The largest absolute Gasteiger partial charge is 0.596 e. The van der Waals surface area contributed by atoms with Gasteiger partial charge in [0.1, 0.15) is 17.0 Å². The van der Waals surface area contributed by atoms with Crippen molar-refractivity contribution in [3.05, 3.63) is 88.0 Å². The number of ether oxygens (including phenoxy) is 1. The highest BCUT2D eigenvalue weighted by molar-refractivity contribution is 8.14. The molecule has 35 heavy (non-hydrogen) atoms. The van der Waals surface area contributed by atoms with Crippen molar-refractivity contribution in [2.24, 2.45) is 0 Å². The van der Waals surface area contributed by atoms with E-state index < -0.39 is 50.1 Å². The second-order valence-electron chi connectivity index (χ2n) is 7.93. The summed E-state index contributed by atoms with van der Waals surface area (Å²) in [6.07, 6.45) is 0. The smallest absolute Gasteiger partial charge is 0.333 e. The molecule has 1 saturated heterocycles. The molecule has 2 amide bonds. The number of benzene rings is 2. The molecule has 1 aliphatic rings. The van der Waals surface area contributed by atoms with Gasteiger partial charge < -0.3 is 9.29 Å². The zero-order chi connectivity index (χ0) is 25.9. The van der Waals surface area contributed by atoms with Crippen LogP contribution in [0.25, 0.3) is 0 Å². The highest BCUT2D eigenvalue weighted by Gasteiger charge is 2.73. The van der Waals surface area contributed by atoms with E-state index in [1.807, 2.05) is 0 Å². The average molecular weight is 520 g/mol. The van der Waals surface area contributed by atoms with Gasteiger partial charge in [-0.2, -0.15) is 0 Å². The Morgan fingerprint density at radius 3 is 2.31 bits per heavy atom. The van der Waals surface area contributed by atoms with E-state index in [4.69, 9.17) is 15.4 Å². The first-order valence-electron chi connectivity index (χ1n) is 10.3. The lowest BCUT2D eigenvalue weighted by atomic mass is 9.83. The molecule has 10 nitrogen and oxygen atoms in total. The Bertz CT molecular complexity index is 1160. The number of nitrogens with zero attached hydrogens (tertiary/aromatic N) is 2. The molecular formula is C23H22ClN3O7S. The summed E-state index contributed by atoms with van der Waals surface area (Å²) in [5, 5.41) is 13.3. The van der Waals surface area contributed by atoms with E-state index in [2.05, 4.69) is 11.9 Å². The Morgan fingerprint density at radius 2 is 1.83 bits per heavy atom. The van der Waals surface area contributed by atoms with Crippen LogP contribution < -0.4 is 5.32 Å². The van der Waals surface area contributed by atoms with Gasteiger partial charge in [0.2, 0.25) is 11.8 Å². The molecule has 2 aromatic rings. The van der Waals surface area contributed by atoms with Crippen molar-refractivity contribution < 1.29 is 28.6 Å². The second-order valence-corrected chi connectivity index (χ2v) is 9.84. The highest BCUT2D eigenvalue weighted by atomic mass is 35.7. The molecule has 0 aliphatic carbocycles. The first-order chi connectivity index (χ1) is 16.5. The van der Waals surface area contributed by atoms with Crippen molar-refractivity contribution in [3.63, 3.8) is 0 Å². The molecule has 3 rings (SSSR count). The lowest BCUT2D eigenvalue weighted by molar-refractivity contribution is -0.384. The van der Waals surface area contributed by atoms with Crippen LogP contribution in [0.4, 0.5) is 5.69 Å². The molecule has 1 heterocycles. The van der Waals surface area contributed by atoms with Crippen molar-refractivity contribution in [2.45, 2.75) is 37.4 Å². The Labute approximate surface area is 208 Å². The molecule has 4 atom stereocenters. The topological polar surface area (TPSA) is 142 Å². The van der Waals surface area contributed by atoms with Gasteiger partial charge in [-0.25, -0.2) is 4.79 Å². The lowest BCUT2D eigenvalue weighted by Gasteiger charge is -2.55. The number of nitro groups is 1. The maximum absolute atomic E-state index is 13.4. The Morgan fingerprint density at radius 1 is 1.23 bits per heavy atom. The Balaban J connectivity index is 1.93. The van der Waals surface area contributed by atoms with Crippen molar-refractivity contribution in [3.8, 4) is 0 Å². The molecule has 184 valence electrons. The van der Waals surface area contributed by atoms with E-state index in [1.54, 1.807) is 30.3 Å². The van der Waals surface area contributed by atoms with Crippen LogP contribution in [0.1, 0.15) is 30.9 Å². The van der Waals surface area contributed by atoms with Gasteiger partial charge in [0.15, 0.2) is 22.6 Å². The summed E-state index contributed by atoms with van der Waals surface area (Å²) in [7, 11) is 3.73. The molecule has 0 bridgehead atoms. The van der Waals surface area contributed by atoms with E-state index in [0.717, 1.165) is 4.90 Å². The number of nitrogens with one attached hydrogen (secondary N) is 1. The van der Waals surface area contributed by atoms with Gasteiger partial charge >= 0.3 is 11.0 Å². The van der Waals surface area contributed by atoms with E-state index in [1.165, 1.54) is 38.1 Å². The van der Waals surface area contributed by atoms with Crippen LogP contribution in [0.2, 0.25) is 0 Å². The number of esters is 1. The minimum atomic E-state index is -2.35. The van der Waals surface area contributed by atoms with E-state index >= 15 is 0 Å². The molecule has 12 heteroatoms. The first kappa shape index (κ1) is 26.2. The number of hydrogen-bond acceptors (Lipinski definition) is 7. The molecule has 0 radical (unpaired) electrons. The molecule has 2 aromatic carbocycles.